The number of nitrogens with zero attached hydrogens (tertiary/aromatic N) is 1. The Morgan fingerprint density at radius 1 is 0.944 bits per heavy atom. The Morgan fingerprint density at radius 2 is 1.67 bits per heavy atom. The topological polar surface area (TPSA) is 3.24 Å². The molecule has 0 radical (unpaired) electrons. The number of hydrogen-bond acceptors (Lipinski definition) is 1. The highest BCUT2D eigenvalue weighted by Gasteiger charge is 2.29. The Labute approximate surface area is 111 Å². The monoisotopic (exact) mass is 243 g/mol. The summed E-state index contributed by atoms with van der Waals surface area (Å²) >= 11 is 0. The SMILES string of the molecule is CC1CCN(C2CCC(c3ccccc3)CC2)C1. The first-order valence-electron chi connectivity index (χ1n) is 7.62. The number of benzene rings is 1. The van der Waals surface area contributed by atoms with Crippen molar-refractivity contribution in [2.75, 3.05) is 13.1 Å². The van der Waals surface area contributed by atoms with Gasteiger partial charge in [-0.3, -0.25) is 0 Å². The van der Waals surface area contributed by atoms with E-state index in [2.05, 4.69) is 42.2 Å². The van der Waals surface area contributed by atoms with E-state index in [1.165, 1.54) is 45.2 Å². The van der Waals surface area contributed by atoms with Gasteiger partial charge in [0.05, 0.1) is 0 Å². The molecule has 1 saturated carbocycles. The fourth-order valence-electron chi connectivity index (χ4n) is 3.80. The maximum Gasteiger partial charge on any atom is 0.00958 e. The second-order valence-electron chi connectivity index (χ2n) is 6.30. The highest BCUT2D eigenvalue weighted by Crippen LogP contribution is 2.36. The smallest absolute Gasteiger partial charge is 0.00958 e. The van der Waals surface area contributed by atoms with Crippen LogP contribution in [0.5, 0.6) is 0 Å². The molecule has 2 aliphatic rings. The Balaban J connectivity index is 1.55. The second-order valence-corrected chi connectivity index (χ2v) is 6.30. The van der Waals surface area contributed by atoms with Crippen LogP contribution in [0.15, 0.2) is 30.3 Å². The first kappa shape index (κ1) is 12.2. The van der Waals surface area contributed by atoms with E-state index in [-0.39, 0.29) is 0 Å². The average molecular weight is 243 g/mol. The van der Waals surface area contributed by atoms with Gasteiger partial charge in [0.1, 0.15) is 0 Å². The van der Waals surface area contributed by atoms with E-state index in [0.29, 0.717) is 0 Å². The first-order chi connectivity index (χ1) is 8.83. The zero-order valence-corrected chi connectivity index (χ0v) is 11.5. The second kappa shape index (κ2) is 5.44. The van der Waals surface area contributed by atoms with Gasteiger partial charge in [-0.2, -0.15) is 0 Å². The average Bonchev–Trinajstić information content (AvgIpc) is 2.87. The third-order valence-electron chi connectivity index (χ3n) is 4.94. The summed E-state index contributed by atoms with van der Waals surface area (Å²) in [5.74, 6) is 1.75. The molecule has 1 heteroatoms. The molecule has 1 aromatic carbocycles. The van der Waals surface area contributed by atoms with Gasteiger partial charge in [-0.25, -0.2) is 0 Å². The molecule has 0 amide bonds. The highest BCUT2D eigenvalue weighted by atomic mass is 15.2. The maximum absolute atomic E-state index is 2.76. The Kier molecular flexibility index (Phi) is 3.69. The summed E-state index contributed by atoms with van der Waals surface area (Å²) in [7, 11) is 0. The van der Waals surface area contributed by atoms with Crippen LogP contribution in [0.25, 0.3) is 0 Å². The van der Waals surface area contributed by atoms with E-state index < -0.39 is 0 Å². The van der Waals surface area contributed by atoms with Crippen LogP contribution in [0, 0.1) is 5.92 Å². The molecule has 18 heavy (non-hydrogen) atoms. The highest BCUT2D eigenvalue weighted by molar-refractivity contribution is 5.20. The van der Waals surface area contributed by atoms with Crippen molar-refractivity contribution in [1.82, 2.24) is 4.90 Å². The molecule has 1 unspecified atom stereocenters. The summed E-state index contributed by atoms with van der Waals surface area (Å²) in [5.41, 5.74) is 1.56. The minimum absolute atomic E-state index is 0.822. The molecule has 1 aliphatic carbocycles. The lowest BCUT2D eigenvalue weighted by atomic mass is 9.81. The molecule has 0 N–H and O–H groups in total. The van der Waals surface area contributed by atoms with Gasteiger partial charge in [-0.15, -0.1) is 0 Å². The van der Waals surface area contributed by atoms with Crippen molar-refractivity contribution < 1.29 is 0 Å². The van der Waals surface area contributed by atoms with Crippen LogP contribution < -0.4 is 0 Å². The molecule has 0 spiro atoms. The molecule has 1 nitrogen and oxygen atoms in total. The molecule has 2 fully saturated rings. The summed E-state index contributed by atoms with van der Waals surface area (Å²) < 4.78 is 0. The van der Waals surface area contributed by atoms with Crippen LogP contribution in [0.1, 0.15) is 50.5 Å². The van der Waals surface area contributed by atoms with Crippen molar-refractivity contribution in [3.05, 3.63) is 35.9 Å². The third-order valence-corrected chi connectivity index (χ3v) is 4.94. The van der Waals surface area contributed by atoms with E-state index >= 15 is 0 Å². The Morgan fingerprint density at radius 3 is 2.28 bits per heavy atom. The summed E-state index contributed by atoms with van der Waals surface area (Å²) in [6.45, 7) is 5.10. The van der Waals surface area contributed by atoms with Gasteiger partial charge in [-0.1, -0.05) is 37.3 Å². The van der Waals surface area contributed by atoms with E-state index in [0.717, 1.165) is 17.9 Å². The van der Waals surface area contributed by atoms with Gasteiger partial charge < -0.3 is 4.90 Å². The van der Waals surface area contributed by atoms with E-state index in [1.807, 2.05) is 0 Å². The van der Waals surface area contributed by atoms with Gasteiger partial charge in [0.15, 0.2) is 0 Å². The summed E-state index contributed by atoms with van der Waals surface area (Å²) in [5, 5.41) is 0. The molecule has 1 saturated heterocycles. The van der Waals surface area contributed by atoms with Gasteiger partial charge in [0, 0.05) is 12.6 Å². The third kappa shape index (κ3) is 2.61. The van der Waals surface area contributed by atoms with Crippen molar-refractivity contribution in [3.63, 3.8) is 0 Å². The van der Waals surface area contributed by atoms with Gasteiger partial charge >= 0.3 is 0 Å². The molecule has 1 atom stereocenters. The fraction of sp³-hybridized carbons (Fsp3) is 0.647. The number of likely N-dealkylation sites (tertiary alicyclic amines) is 1. The van der Waals surface area contributed by atoms with Crippen molar-refractivity contribution >= 4 is 0 Å². The van der Waals surface area contributed by atoms with Crippen LogP contribution in [0.3, 0.4) is 0 Å². The predicted octanol–water partition coefficient (Wildman–Crippen LogP) is 4.05. The minimum Gasteiger partial charge on any atom is -0.300 e. The van der Waals surface area contributed by atoms with Crippen molar-refractivity contribution in [2.45, 2.75) is 51.0 Å². The summed E-state index contributed by atoms with van der Waals surface area (Å²) in [6.07, 6.45) is 7.01. The molecule has 1 aliphatic heterocycles. The molecule has 1 heterocycles. The van der Waals surface area contributed by atoms with Crippen LogP contribution >= 0.6 is 0 Å². The van der Waals surface area contributed by atoms with Crippen LogP contribution in [-0.4, -0.2) is 24.0 Å². The first-order valence-corrected chi connectivity index (χ1v) is 7.62. The zero-order valence-electron chi connectivity index (χ0n) is 11.5. The van der Waals surface area contributed by atoms with E-state index in [4.69, 9.17) is 0 Å². The van der Waals surface area contributed by atoms with Crippen molar-refractivity contribution in [2.24, 2.45) is 5.92 Å². The summed E-state index contributed by atoms with van der Waals surface area (Å²) in [4.78, 5) is 2.76. The molecule has 0 bridgehead atoms. The van der Waals surface area contributed by atoms with Gasteiger partial charge in [0.25, 0.3) is 0 Å². The van der Waals surface area contributed by atoms with Crippen LogP contribution in [0.2, 0.25) is 0 Å². The largest absolute Gasteiger partial charge is 0.300 e. The van der Waals surface area contributed by atoms with E-state index in [1.54, 1.807) is 5.56 Å². The van der Waals surface area contributed by atoms with Gasteiger partial charge in [-0.05, 0) is 56.0 Å². The quantitative estimate of drug-likeness (QED) is 0.757. The molecule has 98 valence electrons. The van der Waals surface area contributed by atoms with Gasteiger partial charge in [0.2, 0.25) is 0 Å². The van der Waals surface area contributed by atoms with Crippen LogP contribution in [-0.2, 0) is 0 Å². The molecule has 3 rings (SSSR count). The minimum atomic E-state index is 0.822. The normalized spacial score (nSPS) is 33.7. The molecule has 0 aromatic heterocycles. The van der Waals surface area contributed by atoms with Crippen LogP contribution in [0.4, 0.5) is 0 Å². The standard InChI is InChI=1S/C17H25N/c1-14-11-12-18(13-14)17-9-7-16(8-10-17)15-5-3-2-4-6-15/h2-6,14,16-17H,7-13H2,1H3. The zero-order chi connectivity index (χ0) is 12.4. The van der Waals surface area contributed by atoms with E-state index in [9.17, 15) is 0 Å². The lowest BCUT2D eigenvalue weighted by Gasteiger charge is -2.34. The fourth-order valence-corrected chi connectivity index (χ4v) is 3.80. The van der Waals surface area contributed by atoms with Crippen molar-refractivity contribution in [3.8, 4) is 0 Å². The lowest BCUT2D eigenvalue weighted by molar-refractivity contribution is 0.177. The summed E-state index contributed by atoms with van der Waals surface area (Å²) in [6, 6.07) is 12.0. The predicted molar refractivity (Wildman–Crippen MR) is 76.8 cm³/mol. The number of rotatable bonds is 2. The molecule has 1 aromatic rings. The Hall–Kier alpha value is -0.820. The maximum atomic E-state index is 2.76. The molecular weight excluding hydrogens is 218 g/mol. The molecular formula is C17H25N. The Bertz CT molecular complexity index is 364. The van der Waals surface area contributed by atoms with Crippen molar-refractivity contribution in [1.29, 1.82) is 0 Å². The lowest BCUT2D eigenvalue weighted by Crippen LogP contribution is -2.36. The number of hydrogen-bond donors (Lipinski definition) is 0.